The lowest BCUT2D eigenvalue weighted by Gasteiger charge is -2.42. The van der Waals surface area contributed by atoms with Crippen molar-refractivity contribution in [2.45, 2.75) is 39.3 Å². The second-order valence-corrected chi connectivity index (χ2v) is 8.20. The van der Waals surface area contributed by atoms with Crippen LogP contribution in [0.3, 0.4) is 0 Å². The molecule has 154 valence electrons. The van der Waals surface area contributed by atoms with Gasteiger partial charge in [-0.2, -0.15) is 0 Å². The lowest BCUT2D eigenvalue weighted by atomic mass is 9.83. The summed E-state index contributed by atoms with van der Waals surface area (Å²) in [7, 11) is 1.59. The molecular formula is C22H27N3O4. The number of aryl methyl sites for hydroxylation is 2. The lowest BCUT2D eigenvalue weighted by Crippen LogP contribution is -2.50. The topological polar surface area (TPSA) is 73.5 Å². The molecule has 2 bridgehead atoms. The summed E-state index contributed by atoms with van der Waals surface area (Å²) in [6.45, 7) is 6.26. The smallest absolute Gasteiger partial charge is 0.263 e. The van der Waals surface area contributed by atoms with Gasteiger partial charge in [0.05, 0.1) is 6.61 Å². The van der Waals surface area contributed by atoms with Crippen molar-refractivity contribution in [3.05, 3.63) is 67.5 Å². The van der Waals surface area contributed by atoms with Crippen molar-refractivity contribution in [1.82, 2.24) is 14.0 Å². The van der Waals surface area contributed by atoms with Crippen LogP contribution in [-0.2, 0) is 17.8 Å². The number of fused-ring (bicyclic) bond motifs is 4. The average molecular weight is 397 g/mol. The molecule has 2 unspecified atom stereocenters. The maximum atomic E-state index is 13.4. The predicted octanol–water partition coefficient (Wildman–Crippen LogP) is 1.53. The van der Waals surface area contributed by atoms with Gasteiger partial charge in [-0.25, -0.2) is 0 Å². The fourth-order valence-electron chi connectivity index (χ4n) is 4.87. The monoisotopic (exact) mass is 397 g/mol. The van der Waals surface area contributed by atoms with E-state index in [4.69, 9.17) is 4.74 Å². The summed E-state index contributed by atoms with van der Waals surface area (Å²) in [6.07, 6.45) is 0.970. The number of likely N-dealkylation sites (tertiary alicyclic amines) is 1. The van der Waals surface area contributed by atoms with Crippen molar-refractivity contribution >= 4 is 5.91 Å². The van der Waals surface area contributed by atoms with E-state index in [0.29, 0.717) is 38.3 Å². The first-order valence-corrected chi connectivity index (χ1v) is 10.1. The zero-order valence-corrected chi connectivity index (χ0v) is 17.2. The van der Waals surface area contributed by atoms with Gasteiger partial charge in [-0.15, -0.1) is 0 Å². The predicted molar refractivity (Wildman–Crippen MR) is 110 cm³/mol. The minimum absolute atomic E-state index is 0.0207. The van der Waals surface area contributed by atoms with E-state index in [9.17, 15) is 14.4 Å². The van der Waals surface area contributed by atoms with Crippen molar-refractivity contribution < 1.29 is 9.53 Å². The van der Waals surface area contributed by atoms with Crippen LogP contribution in [0.4, 0.5) is 0 Å². The van der Waals surface area contributed by atoms with E-state index in [-0.39, 0.29) is 34.4 Å². The van der Waals surface area contributed by atoms with Crippen LogP contribution in [0, 0.1) is 19.8 Å². The molecule has 7 nitrogen and oxygen atoms in total. The van der Waals surface area contributed by atoms with Crippen LogP contribution in [0.1, 0.15) is 39.6 Å². The molecule has 0 radical (unpaired) electrons. The molecule has 7 heteroatoms. The molecule has 2 aromatic heterocycles. The lowest BCUT2D eigenvalue weighted by molar-refractivity contribution is 0.0591. The fraction of sp³-hybridized carbons (Fsp3) is 0.500. The highest BCUT2D eigenvalue weighted by atomic mass is 16.5. The molecule has 2 aliphatic heterocycles. The van der Waals surface area contributed by atoms with Crippen molar-refractivity contribution in [3.8, 4) is 0 Å². The number of amides is 1. The van der Waals surface area contributed by atoms with E-state index in [1.807, 2.05) is 30.5 Å². The Hall–Kier alpha value is -2.67. The molecule has 2 atom stereocenters. The quantitative estimate of drug-likeness (QED) is 0.784. The maximum absolute atomic E-state index is 13.4. The number of methoxy groups -OCH3 is 1. The van der Waals surface area contributed by atoms with Gasteiger partial charge in [0.25, 0.3) is 17.0 Å². The van der Waals surface area contributed by atoms with Gasteiger partial charge in [-0.05, 0) is 43.9 Å². The molecule has 1 saturated heterocycles. The van der Waals surface area contributed by atoms with E-state index >= 15 is 0 Å². The Kier molecular flexibility index (Phi) is 5.17. The van der Waals surface area contributed by atoms with Crippen LogP contribution in [-0.4, -0.2) is 46.7 Å². The average Bonchev–Trinajstić information content (AvgIpc) is 2.68. The Morgan fingerprint density at radius 3 is 2.72 bits per heavy atom. The highest BCUT2D eigenvalue weighted by molar-refractivity contribution is 5.95. The van der Waals surface area contributed by atoms with Gasteiger partial charge in [-0.3, -0.25) is 14.4 Å². The van der Waals surface area contributed by atoms with Gasteiger partial charge >= 0.3 is 0 Å². The third-order valence-corrected chi connectivity index (χ3v) is 6.20. The highest BCUT2D eigenvalue weighted by Gasteiger charge is 2.37. The van der Waals surface area contributed by atoms with Gasteiger partial charge < -0.3 is 18.8 Å². The van der Waals surface area contributed by atoms with E-state index in [1.165, 1.54) is 0 Å². The first-order valence-electron chi connectivity index (χ1n) is 10.1. The van der Waals surface area contributed by atoms with Crippen molar-refractivity contribution in [2.24, 2.45) is 5.92 Å². The minimum Gasteiger partial charge on any atom is -0.383 e. The summed E-state index contributed by atoms with van der Waals surface area (Å²) in [5, 5.41) is 0. The Morgan fingerprint density at radius 1 is 1.17 bits per heavy atom. The van der Waals surface area contributed by atoms with Crippen LogP contribution in [0.5, 0.6) is 0 Å². The molecule has 2 aromatic rings. The summed E-state index contributed by atoms with van der Waals surface area (Å²) in [6, 6.07) is 7.24. The molecule has 1 fully saturated rings. The molecular weight excluding hydrogens is 370 g/mol. The summed E-state index contributed by atoms with van der Waals surface area (Å²) in [5.74, 6) is 0.147. The van der Waals surface area contributed by atoms with Gasteiger partial charge in [0.2, 0.25) is 0 Å². The van der Waals surface area contributed by atoms with Crippen molar-refractivity contribution in [1.29, 1.82) is 0 Å². The summed E-state index contributed by atoms with van der Waals surface area (Å²) in [4.78, 5) is 40.5. The van der Waals surface area contributed by atoms with Crippen LogP contribution in [0.2, 0.25) is 0 Å². The molecule has 0 aliphatic carbocycles. The van der Waals surface area contributed by atoms with Gasteiger partial charge in [0, 0.05) is 56.7 Å². The third-order valence-electron chi connectivity index (χ3n) is 6.20. The van der Waals surface area contributed by atoms with Gasteiger partial charge in [0.15, 0.2) is 0 Å². The number of ether oxygens (including phenoxy) is 1. The number of carbonyl (C=O) groups excluding carboxylic acids is 1. The largest absolute Gasteiger partial charge is 0.383 e. The standard InChI is InChI=1S/C22H27N3O4/c1-14-9-15(2)24(7-8-29-3)22(28)20(14)21(27)23-11-16-10-17(13-23)18-5-4-6-19(26)25(18)12-16/h4-6,9,16-17H,7-8,10-13H2,1-3H3. The number of piperidine rings is 1. The Morgan fingerprint density at radius 2 is 1.97 bits per heavy atom. The number of nitrogens with zero attached hydrogens (tertiary/aromatic N) is 3. The summed E-state index contributed by atoms with van der Waals surface area (Å²) < 4.78 is 8.57. The zero-order valence-electron chi connectivity index (χ0n) is 17.2. The molecule has 4 heterocycles. The Balaban J connectivity index is 1.67. The molecule has 0 N–H and O–H groups in total. The van der Waals surface area contributed by atoms with Crippen LogP contribution in [0.25, 0.3) is 0 Å². The summed E-state index contributed by atoms with van der Waals surface area (Å²) >= 11 is 0. The van der Waals surface area contributed by atoms with E-state index in [0.717, 1.165) is 17.8 Å². The number of pyridine rings is 2. The van der Waals surface area contributed by atoms with Crippen molar-refractivity contribution in [3.63, 3.8) is 0 Å². The first-order chi connectivity index (χ1) is 13.9. The molecule has 4 rings (SSSR count). The number of hydrogen-bond donors (Lipinski definition) is 0. The van der Waals surface area contributed by atoms with E-state index in [2.05, 4.69) is 0 Å². The van der Waals surface area contributed by atoms with Crippen LogP contribution in [0.15, 0.2) is 33.9 Å². The van der Waals surface area contributed by atoms with Crippen molar-refractivity contribution in [2.75, 3.05) is 26.8 Å². The minimum atomic E-state index is -0.253. The maximum Gasteiger partial charge on any atom is 0.263 e. The molecule has 29 heavy (non-hydrogen) atoms. The van der Waals surface area contributed by atoms with Crippen LogP contribution < -0.4 is 11.1 Å². The number of carbonyl (C=O) groups is 1. The Bertz CT molecular complexity index is 1070. The molecule has 0 saturated carbocycles. The fourth-order valence-corrected chi connectivity index (χ4v) is 4.87. The molecule has 1 amide bonds. The first kappa shape index (κ1) is 19.6. The molecule has 2 aliphatic rings. The highest BCUT2D eigenvalue weighted by Crippen LogP contribution is 2.35. The second-order valence-electron chi connectivity index (χ2n) is 8.20. The molecule has 0 spiro atoms. The molecule has 0 aromatic carbocycles. The summed E-state index contributed by atoms with van der Waals surface area (Å²) in [5.41, 5.74) is 2.54. The third kappa shape index (κ3) is 3.44. The number of rotatable bonds is 4. The van der Waals surface area contributed by atoms with Gasteiger partial charge in [-0.1, -0.05) is 6.07 Å². The van der Waals surface area contributed by atoms with E-state index < -0.39 is 0 Å². The number of hydrogen-bond acceptors (Lipinski definition) is 4. The normalized spacial score (nSPS) is 20.4. The Labute approximate surface area is 169 Å². The zero-order chi connectivity index (χ0) is 20.7. The number of aromatic nitrogens is 2. The van der Waals surface area contributed by atoms with Crippen LogP contribution >= 0.6 is 0 Å². The SMILES string of the molecule is COCCn1c(C)cc(C)c(C(=O)N2CC3CC(C2)c2cccc(=O)n2C3)c1=O. The second kappa shape index (κ2) is 7.63. The van der Waals surface area contributed by atoms with E-state index in [1.54, 1.807) is 28.7 Å². The van der Waals surface area contributed by atoms with Gasteiger partial charge in [0.1, 0.15) is 5.56 Å².